The van der Waals surface area contributed by atoms with Crippen LogP contribution in [-0.2, 0) is 11.3 Å². The summed E-state index contributed by atoms with van der Waals surface area (Å²) < 4.78 is 15.3. The van der Waals surface area contributed by atoms with Crippen LogP contribution in [0.15, 0.2) is 24.4 Å². The average Bonchev–Trinajstić information content (AvgIpc) is 3.32. The number of rotatable bonds is 3. The second-order valence-electron chi connectivity index (χ2n) is 12.0. The monoisotopic (exact) mass is 436 g/mol. The summed E-state index contributed by atoms with van der Waals surface area (Å²) in [5, 5.41) is 5.31. The standard InChI is InChI=1S/C28H37FN2O/c1-17-3-6-21-18(13-17)4-7-23-22(21)11-12-28(2)24(23)8-9-25(28)27(32)16-31-15-19-14-20(29)5-10-26(19)30-31/h5,10,14-15,17-18,21-25H,3-4,6-9,11-13,16H2,1-2H3/t17-,18+,21-,22?,23+,24?,25+,28-/m0/s1. The first-order chi connectivity index (χ1) is 15.4. The van der Waals surface area contributed by atoms with Gasteiger partial charge in [-0.05, 0) is 110 Å². The molecule has 4 heteroatoms. The Morgan fingerprint density at radius 3 is 2.81 bits per heavy atom. The molecule has 0 spiro atoms. The van der Waals surface area contributed by atoms with Gasteiger partial charge in [-0.2, -0.15) is 5.10 Å². The van der Waals surface area contributed by atoms with Gasteiger partial charge in [-0.1, -0.05) is 20.3 Å². The van der Waals surface area contributed by atoms with Gasteiger partial charge in [0.05, 0.1) is 12.1 Å². The molecule has 0 N–H and O–H groups in total. The van der Waals surface area contributed by atoms with E-state index >= 15 is 0 Å². The number of halogens is 1. The lowest BCUT2D eigenvalue weighted by Gasteiger charge is -2.56. The molecular weight excluding hydrogens is 399 g/mol. The largest absolute Gasteiger partial charge is 0.297 e. The maximum absolute atomic E-state index is 13.5. The predicted molar refractivity (Wildman–Crippen MR) is 124 cm³/mol. The van der Waals surface area contributed by atoms with E-state index in [-0.39, 0.29) is 17.2 Å². The number of hydrogen-bond acceptors (Lipinski definition) is 2. The Kier molecular flexibility index (Phi) is 5.00. The molecule has 8 atom stereocenters. The quantitative estimate of drug-likeness (QED) is 0.540. The minimum Gasteiger partial charge on any atom is -0.297 e. The zero-order valence-corrected chi connectivity index (χ0v) is 19.6. The maximum Gasteiger partial charge on any atom is 0.157 e. The minimum absolute atomic E-state index is 0.154. The number of ketones is 1. The van der Waals surface area contributed by atoms with Crippen molar-refractivity contribution in [1.82, 2.24) is 9.78 Å². The van der Waals surface area contributed by atoms with Crippen molar-refractivity contribution in [2.24, 2.45) is 46.8 Å². The molecule has 0 amide bonds. The molecule has 0 radical (unpaired) electrons. The predicted octanol–water partition coefficient (Wildman–Crippen LogP) is 6.65. The summed E-state index contributed by atoms with van der Waals surface area (Å²) in [6, 6.07) is 4.63. The minimum atomic E-state index is -0.256. The Morgan fingerprint density at radius 1 is 1.09 bits per heavy atom. The van der Waals surface area contributed by atoms with Crippen LogP contribution in [0.1, 0.15) is 71.6 Å². The third-order valence-corrected chi connectivity index (χ3v) is 10.4. The van der Waals surface area contributed by atoms with Crippen LogP contribution < -0.4 is 0 Å². The Hall–Kier alpha value is -1.71. The summed E-state index contributed by atoms with van der Waals surface area (Å²) in [4.78, 5) is 13.5. The molecule has 4 fully saturated rings. The van der Waals surface area contributed by atoms with Crippen LogP contribution in [0.3, 0.4) is 0 Å². The fourth-order valence-corrected chi connectivity index (χ4v) is 9.02. The number of aromatic nitrogens is 2. The molecule has 0 bridgehead atoms. The third kappa shape index (κ3) is 3.27. The number of fused-ring (bicyclic) bond motifs is 6. The van der Waals surface area contributed by atoms with Crippen LogP contribution in [0.5, 0.6) is 0 Å². The van der Waals surface area contributed by atoms with Crippen LogP contribution in [0.25, 0.3) is 10.9 Å². The summed E-state index contributed by atoms with van der Waals surface area (Å²) in [6.45, 7) is 5.21. The molecule has 2 aromatic rings. The molecule has 1 aromatic heterocycles. The molecule has 0 saturated heterocycles. The van der Waals surface area contributed by atoms with E-state index in [9.17, 15) is 9.18 Å². The lowest BCUT2D eigenvalue weighted by molar-refractivity contribution is -0.131. The number of Topliss-reactive ketones (excluding diaryl/α,β-unsaturated/α-hetero) is 1. The van der Waals surface area contributed by atoms with Crippen LogP contribution in [0.4, 0.5) is 4.39 Å². The van der Waals surface area contributed by atoms with Crippen LogP contribution in [0, 0.1) is 52.7 Å². The summed E-state index contributed by atoms with van der Waals surface area (Å²) >= 11 is 0. The van der Waals surface area contributed by atoms with E-state index in [0.717, 1.165) is 52.8 Å². The second kappa shape index (κ2) is 7.67. The van der Waals surface area contributed by atoms with Gasteiger partial charge in [0.15, 0.2) is 5.78 Å². The van der Waals surface area contributed by atoms with Gasteiger partial charge in [-0.25, -0.2) is 4.39 Å². The SMILES string of the molecule is C[C@H]1CC[C@@H]2C3CC[C@@]4(C)C(CC[C@@H]4C(=O)Cn4cc5cc(F)ccc5n4)[C@@H]3CC[C@@H]2C1. The van der Waals surface area contributed by atoms with Crippen molar-refractivity contribution >= 4 is 16.7 Å². The highest BCUT2D eigenvalue weighted by Gasteiger charge is 2.58. The van der Waals surface area contributed by atoms with Gasteiger partial charge in [0.2, 0.25) is 0 Å². The third-order valence-electron chi connectivity index (χ3n) is 10.4. The maximum atomic E-state index is 13.5. The van der Waals surface area contributed by atoms with Gasteiger partial charge in [0, 0.05) is 17.5 Å². The van der Waals surface area contributed by atoms with E-state index in [1.54, 1.807) is 10.7 Å². The van der Waals surface area contributed by atoms with Crippen molar-refractivity contribution in [1.29, 1.82) is 0 Å². The fourth-order valence-electron chi connectivity index (χ4n) is 9.02. The average molecular weight is 437 g/mol. The van der Waals surface area contributed by atoms with Gasteiger partial charge >= 0.3 is 0 Å². The van der Waals surface area contributed by atoms with E-state index in [1.807, 2.05) is 6.20 Å². The Balaban J connectivity index is 1.19. The van der Waals surface area contributed by atoms with Crippen molar-refractivity contribution in [2.45, 2.75) is 78.2 Å². The Bertz CT molecular complexity index is 1030. The number of benzene rings is 1. The Labute approximate surface area is 191 Å². The first kappa shape index (κ1) is 20.9. The second-order valence-corrected chi connectivity index (χ2v) is 12.0. The molecule has 4 aliphatic carbocycles. The molecule has 32 heavy (non-hydrogen) atoms. The molecule has 2 unspecified atom stereocenters. The molecule has 4 saturated carbocycles. The lowest BCUT2D eigenvalue weighted by Crippen LogP contribution is -2.49. The fraction of sp³-hybridized carbons (Fsp3) is 0.714. The smallest absolute Gasteiger partial charge is 0.157 e. The van der Waals surface area contributed by atoms with Crippen LogP contribution in [-0.4, -0.2) is 15.6 Å². The van der Waals surface area contributed by atoms with Crippen molar-refractivity contribution < 1.29 is 9.18 Å². The zero-order valence-electron chi connectivity index (χ0n) is 19.6. The summed E-state index contributed by atoms with van der Waals surface area (Å²) in [6.07, 6.45) is 13.8. The first-order valence-electron chi connectivity index (χ1n) is 13.1. The van der Waals surface area contributed by atoms with Gasteiger partial charge in [0.25, 0.3) is 0 Å². The molecule has 0 aliphatic heterocycles. The van der Waals surface area contributed by atoms with Gasteiger partial charge in [-0.3, -0.25) is 9.48 Å². The van der Waals surface area contributed by atoms with Crippen LogP contribution >= 0.6 is 0 Å². The first-order valence-corrected chi connectivity index (χ1v) is 13.1. The van der Waals surface area contributed by atoms with Gasteiger partial charge in [-0.15, -0.1) is 0 Å². The molecule has 6 rings (SSSR count). The molecule has 1 heterocycles. The van der Waals surface area contributed by atoms with E-state index in [2.05, 4.69) is 18.9 Å². The topological polar surface area (TPSA) is 34.9 Å². The van der Waals surface area contributed by atoms with Crippen molar-refractivity contribution in [3.05, 3.63) is 30.2 Å². The Morgan fingerprint density at radius 2 is 1.94 bits per heavy atom. The van der Waals surface area contributed by atoms with Crippen molar-refractivity contribution in [3.8, 4) is 0 Å². The number of carbonyl (C=O) groups is 1. The normalized spacial score (nSPS) is 41.2. The zero-order chi connectivity index (χ0) is 22.0. The van der Waals surface area contributed by atoms with E-state index in [1.165, 1.54) is 63.5 Å². The number of carbonyl (C=O) groups excluding carboxylic acids is 1. The molecule has 3 nitrogen and oxygen atoms in total. The molecule has 4 aliphatic rings. The highest BCUT2D eigenvalue weighted by Crippen LogP contribution is 2.64. The van der Waals surface area contributed by atoms with Gasteiger partial charge < -0.3 is 0 Å². The number of nitrogens with zero attached hydrogens (tertiary/aromatic N) is 2. The molecule has 172 valence electrons. The van der Waals surface area contributed by atoms with E-state index in [0.29, 0.717) is 12.3 Å². The van der Waals surface area contributed by atoms with E-state index < -0.39 is 0 Å². The summed E-state index contributed by atoms with van der Waals surface area (Å²) in [7, 11) is 0. The van der Waals surface area contributed by atoms with Crippen LogP contribution in [0.2, 0.25) is 0 Å². The summed E-state index contributed by atoms with van der Waals surface area (Å²) in [5.41, 5.74) is 0.917. The molecular formula is C28H37FN2O. The number of hydrogen-bond donors (Lipinski definition) is 0. The highest BCUT2D eigenvalue weighted by atomic mass is 19.1. The van der Waals surface area contributed by atoms with E-state index in [4.69, 9.17) is 0 Å². The lowest BCUT2D eigenvalue weighted by atomic mass is 9.49. The van der Waals surface area contributed by atoms with Crippen molar-refractivity contribution in [2.75, 3.05) is 0 Å². The summed E-state index contributed by atoms with van der Waals surface area (Å²) in [5.74, 6) is 5.57. The van der Waals surface area contributed by atoms with Crippen molar-refractivity contribution in [3.63, 3.8) is 0 Å². The molecule has 1 aromatic carbocycles. The van der Waals surface area contributed by atoms with Gasteiger partial charge in [0.1, 0.15) is 5.82 Å². The highest BCUT2D eigenvalue weighted by molar-refractivity contribution is 5.83.